The summed E-state index contributed by atoms with van der Waals surface area (Å²) in [5, 5.41) is 3.04. The molecule has 1 aromatic carbocycles. The van der Waals surface area contributed by atoms with Crippen molar-refractivity contribution in [2.75, 3.05) is 5.32 Å². The fraction of sp³-hybridized carbons (Fsp3) is 0.0909. The Kier molecular flexibility index (Phi) is 3.23. The first kappa shape index (κ1) is 11.1. The van der Waals surface area contributed by atoms with Crippen molar-refractivity contribution in [1.82, 2.24) is 9.97 Å². The van der Waals surface area contributed by atoms with Crippen LogP contribution in [0.15, 0.2) is 35.1 Å². The minimum atomic E-state index is -0.119. The first-order chi connectivity index (χ1) is 7.66. The first-order valence-corrected chi connectivity index (χ1v) is 5.83. The van der Waals surface area contributed by atoms with E-state index in [0.29, 0.717) is 9.52 Å². The molecule has 0 amide bonds. The number of aromatic amines is 1. The van der Waals surface area contributed by atoms with Crippen LogP contribution in [0.3, 0.4) is 0 Å². The van der Waals surface area contributed by atoms with Gasteiger partial charge in [-0.25, -0.2) is 4.98 Å². The minimum absolute atomic E-state index is 0.119. The van der Waals surface area contributed by atoms with Crippen molar-refractivity contribution in [2.24, 2.45) is 0 Å². The van der Waals surface area contributed by atoms with Crippen LogP contribution in [0.2, 0.25) is 0 Å². The lowest BCUT2D eigenvalue weighted by molar-refractivity contribution is 1.05. The van der Waals surface area contributed by atoms with Gasteiger partial charge in [-0.3, -0.25) is 9.78 Å². The van der Waals surface area contributed by atoms with Gasteiger partial charge in [0.05, 0.1) is 9.26 Å². The summed E-state index contributed by atoms with van der Waals surface area (Å²) in [5.41, 5.74) is 1.50. The van der Waals surface area contributed by atoms with E-state index in [1.54, 1.807) is 0 Å². The number of hydrogen-bond acceptors (Lipinski definition) is 3. The van der Waals surface area contributed by atoms with Crippen LogP contribution in [-0.4, -0.2) is 9.97 Å². The summed E-state index contributed by atoms with van der Waals surface area (Å²) < 4.78 is 0.621. The average molecular weight is 327 g/mol. The molecule has 0 saturated carbocycles. The van der Waals surface area contributed by atoms with Crippen LogP contribution in [0.4, 0.5) is 11.6 Å². The molecular formula is C11H10IN3O. The zero-order chi connectivity index (χ0) is 11.5. The number of halogens is 1. The molecule has 2 aromatic rings. The van der Waals surface area contributed by atoms with Gasteiger partial charge >= 0.3 is 0 Å². The lowest BCUT2D eigenvalue weighted by Crippen LogP contribution is -2.15. The Labute approximate surface area is 106 Å². The van der Waals surface area contributed by atoms with Crippen molar-refractivity contribution >= 4 is 34.2 Å². The van der Waals surface area contributed by atoms with E-state index in [4.69, 9.17) is 0 Å². The molecule has 1 heterocycles. The molecule has 16 heavy (non-hydrogen) atoms. The molecule has 0 radical (unpaired) electrons. The number of aryl methyl sites for hydroxylation is 1. The molecule has 0 fully saturated rings. The Hall–Kier alpha value is -1.37. The fourth-order valence-electron chi connectivity index (χ4n) is 1.29. The molecule has 5 heteroatoms. The number of rotatable bonds is 2. The van der Waals surface area contributed by atoms with Gasteiger partial charge in [-0.05, 0) is 41.6 Å². The number of nitrogens with zero attached hydrogens (tertiary/aromatic N) is 1. The number of H-pyrrole nitrogens is 1. The molecule has 0 saturated heterocycles. The number of para-hydroxylation sites is 1. The molecule has 0 bridgehead atoms. The summed E-state index contributed by atoms with van der Waals surface area (Å²) >= 11 is 1.98. The number of anilines is 2. The number of benzene rings is 1. The summed E-state index contributed by atoms with van der Waals surface area (Å²) in [6, 6.07) is 9.58. The molecule has 0 atom stereocenters. The van der Waals surface area contributed by atoms with Gasteiger partial charge in [-0.2, -0.15) is 0 Å². The van der Waals surface area contributed by atoms with Crippen LogP contribution in [-0.2, 0) is 0 Å². The second kappa shape index (κ2) is 4.65. The lowest BCUT2D eigenvalue weighted by atomic mass is 10.3. The Morgan fingerprint density at radius 3 is 2.62 bits per heavy atom. The van der Waals surface area contributed by atoms with Crippen LogP contribution in [0.5, 0.6) is 0 Å². The number of nitrogens with one attached hydrogen (secondary N) is 2. The highest BCUT2D eigenvalue weighted by Gasteiger charge is 2.04. The van der Waals surface area contributed by atoms with Gasteiger partial charge in [0.25, 0.3) is 5.56 Å². The highest BCUT2D eigenvalue weighted by molar-refractivity contribution is 14.1. The van der Waals surface area contributed by atoms with Gasteiger partial charge in [-0.15, -0.1) is 0 Å². The van der Waals surface area contributed by atoms with E-state index < -0.39 is 0 Å². The maximum Gasteiger partial charge on any atom is 0.265 e. The smallest absolute Gasteiger partial charge is 0.265 e. The molecule has 2 N–H and O–H groups in total. The lowest BCUT2D eigenvalue weighted by Gasteiger charge is -2.06. The number of aromatic nitrogens is 2. The van der Waals surface area contributed by atoms with Gasteiger partial charge < -0.3 is 5.32 Å². The second-order valence-corrected chi connectivity index (χ2v) is 4.38. The third-order valence-corrected chi connectivity index (χ3v) is 3.34. The van der Waals surface area contributed by atoms with Crippen molar-refractivity contribution in [3.8, 4) is 0 Å². The third kappa shape index (κ3) is 2.41. The van der Waals surface area contributed by atoms with Gasteiger partial charge in [0.2, 0.25) is 5.95 Å². The maximum absolute atomic E-state index is 11.5. The number of hydrogen-bond donors (Lipinski definition) is 2. The molecule has 0 aliphatic carbocycles. The molecule has 1 aromatic heterocycles. The van der Waals surface area contributed by atoms with E-state index in [-0.39, 0.29) is 5.56 Å². The van der Waals surface area contributed by atoms with Crippen LogP contribution < -0.4 is 10.9 Å². The third-order valence-electron chi connectivity index (χ3n) is 2.06. The summed E-state index contributed by atoms with van der Waals surface area (Å²) in [5.74, 6) is 0.467. The molecule has 0 aliphatic heterocycles. The van der Waals surface area contributed by atoms with Crippen molar-refractivity contribution in [3.63, 3.8) is 0 Å². The molecule has 0 unspecified atom stereocenters. The van der Waals surface area contributed by atoms with E-state index in [9.17, 15) is 4.79 Å². The fourth-order valence-corrected chi connectivity index (χ4v) is 1.54. The largest absolute Gasteiger partial charge is 0.326 e. The van der Waals surface area contributed by atoms with Crippen LogP contribution in [0.1, 0.15) is 5.69 Å². The predicted molar refractivity (Wildman–Crippen MR) is 72.0 cm³/mol. The van der Waals surface area contributed by atoms with Crippen molar-refractivity contribution in [3.05, 3.63) is 49.9 Å². The topological polar surface area (TPSA) is 57.8 Å². The normalized spacial score (nSPS) is 10.1. The van der Waals surface area contributed by atoms with Gasteiger partial charge in [0, 0.05) is 5.69 Å². The summed E-state index contributed by atoms with van der Waals surface area (Å²) in [7, 11) is 0. The van der Waals surface area contributed by atoms with Crippen molar-refractivity contribution < 1.29 is 0 Å². The molecule has 82 valence electrons. The van der Waals surface area contributed by atoms with E-state index >= 15 is 0 Å². The molecule has 0 spiro atoms. The van der Waals surface area contributed by atoms with Crippen molar-refractivity contribution in [2.45, 2.75) is 6.92 Å². The standard InChI is InChI=1S/C11H10IN3O/c1-7-9(12)10(16)15-11(13-7)14-8-5-3-2-4-6-8/h2-6H,1H3,(H2,13,14,15,16). The van der Waals surface area contributed by atoms with Gasteiger partial charge in [0.15, 0.2) is 0 Å². The highest BCUT2D eigenvalue weighted by Crippen LogP contribution is 2.12. The quantitative estimate of drug-likeness (QED) is 0.833. The Balaban J connectivity index is 2.33. The maximum atomic E-state index is 11.5. The summed E-state index contributed by atoms with van der Waals surface area (Å²) in [6.45, 7) is 1.81. The summed E-state index contributed by atoms with van der Waals surface area (Å²) in [4.78, 5) is 18.4. The Morgan fingerprint density at radius 2 is 2.00 bits per heavy atom. The SMILES string of the molecule is Cc1nc(Nc2ccccc2)[nH]c(=O)c1I. The zero-order valence-corrected chi connectivity index (χ0v) is 10.8. The van der Waals surface area contributed by atoms with E-state index in [2.05, 4.69) is 15.3 Å². The van der Waals surface area contributed by atoms with Crippen LogP contribution in [0.25, 0.3) is 0 Å². The Morgan fingerprint density at radius 1 is 1.31 bits per heavy atom. The average Bonchev–Trinajstić information content (AvgIpc) is 2.27. The second-order valence-electron chi connectivity index (χ2n) is 3.30. The predicted octanol–water partition coefficient (Wildman–Crippen LogP) is 2.43. The molecule has 0 aliphatic rings. The van der Waals surface area contributed by atoms with Crippen LogP contribution >= 0.6 is 22.6 Å². The monoisotopic (exact) mass is 327 g/mol. The van der Waals surface area contributed by atoms with Gasteiger partial charge in [-0.1, -0.05) is 18.2 Å². The van der Waals surface area contributed by atoms with Crippen molar-refractivity contribution in [1.29, 1.82) is 0 Å². The zero-order valence-electron chi connectivity index (χ0n) is 8.62. The van der Waals surface area contributed by atoms with Crippen LogP contribution in [0, 0.1) is 10.5 Å². The molecular weight excluding hydrogens is 317 g/mol. The van der Waals surface area contributed by atoms with Gasteiger partial charge in [0.1, 0.15) is 0 Å². The van der Waals surface area contributed by atoms with E-state index in [1.165, 1.54) is 0 Å². The minimum Gasteiger partial charge on any atom is -0.326 e. The summed E-state index contributed by atoms with van der Waals surface area (Å²) in [6.07, 6.45) is 0. The van der Waals surface area contributed by atoms with E-state index in [1.807, 2.05) is 59.8 Å². The molecule has 4 nitrogen and oxygen atoms in total. The molecule has 2 rings (SSSR count). The van der Waals surface area contributed by atoms with E-state index in [0.717, 1.165) is 11.4 Å². The highest BCUT2D eigenvalue weighted by atomic mass is 127. The first-order valence-electron chi connectivity index (χ1n) is 4.75. The Bertz CT molecular complexity index is 551.